The van der Waals surface area contributed by atoms with Crippen LogP contribution in [-0.2, 0) is 16.6 Å². The molecule has 162 valence electrons. The van der Waals surface area contributed by atoms with E-state index in [2.05, 4.69) is 31.1 Å². The number of likely N-dealkylation sites (N-methyl/N-ethyl adjacent to an activating group) is 1. The van der Waals surface area contributed by atoms with Crippen LogP contribution < -0.4 is 14.8 Å². The van der Waals surface area contributed by atoms with Gasteiger partial charge in [-0.15, -0.1) is 0 Å². The van der Waals surface area contributed by atoms with Crippen molar-refractivity contribution >= 4 is 50.7 Å². The summed E-state index contributed by atoms with van der Waals surface area (Å²) >= 11 is 3.46. The van der Waals surface area contributed by atoms with Crippen LogP contribution in [0.4, 0.5) is 16.6 Å². The number of nitrogens with zero attached hydrogens (tertiary/aromatic N) is 5. The zero-order valence-electron chi connectivity index (χ0n) is 18.2. The number of carbonyl (C=O) groups excluding carboxylic acids is 2. The van der Waals surface area contributed by atoms with Crippen LogP contribution in [0, 0.1) is 0 Å². The number of carbonyl (C=O) groups is 2. The van der Waals surface area contributed by atoms with Crippen LogP contribution >= 0.6 is 15.9 Å². The summed E-state index contributed by atoms with van der Waals surface area (Å²) in [5.41, 5.74) is 1.03. The number of fused-ring (bicyclic) bond motifs is 1. The number of pyridine rings is 1. The first-order valence-electron chi connectivity index (χ1n) is 9.80. The molecule has 9 nitrogen and oxygen atoms in total. The number of aromatic nitrogens is 3. The molecule has 1 aliphatic heterocycles. The molecule has 1 fully saturated rings. The van der Waals surface area contributed by atoms with Crippen LogP contribution in [0.3, 0.4) is 0 Å². The van der Waals surface area contributed by atoms with Crippen molar-refractivity contribution in [2.45, 2.75) is 45.8 Å². The lowest BCUT2D eigenvalue weighted by Crippen LogP contribution is -2.42. The van der Waals surface area contributed by atoms with Gasteiger partial charge in [-0.3, -0.25) is 4.79 Å². The van der Waals surface area contributed by atoms with Crippen LogP contribution in [-0.4, -0.2) is 58.6 Å². The lowest BCUT2D eigenvalue weighted by Gasteiger charge is -2.28. The average Bonchev–Trinajstić information content (AvgIpc) is 3.11. The maximum atomic E-state index is 12.5. The topological polar surface area (TPSA) is 91.5 Å². The first-order valence-corrected chi connectivity index (χ1v) is 10.6. The van der Waals surface area contributed by atoms with Gasteiger partial charge in [-0.25, -0.2) is 19.7 Å². The van der Waals surface area contributed by atoms with Crippen molar-refractivity contribution in [2.75, 3.05) is 30.4 Å². The van der Waals surface area contributed by atoms with E-state index in [1.54, 1.807) is 22.7 Å². The summed E-state index contributed by atoms with van der Waals surface area (Å²) in [4.78, 5) is 37.1. The molecule has 10 heteroatoms. The van der Waals surface area contributed by atoms with Crippen LogP contribution in [0.1, 0.15) is 34.1 Å². The van der Waals surface area contributed by atoms with Crippen LogP contribution in [0.2, 0.25) is 0 Å². The maximum Gasteiger partial charge on any atom is 0.410 e. The number of ether oxygens (including phenoxy) is 1. The third-order valence-electron chi connectivity index (χ3n) is 4.92. The van der Waals surface area contributed by atoms with Gasteiger partial charge in [0.05, 0.1) is 13.1 Å². The lowest BCUT2D eigenvalue weighted by atomic mass is 10.2. The summed E-state index contributed by atoms with van der Waals surface area (Å²) in [6.45, 7) is 8.33. The Labute approximate surface area is 184 Å². The minimum atomic E-state index is -0.542. The Balaban J connectivity index is 1.92. The molecule has 30 heavy (non-hydrogen) atoms. The van der Waals surface area contributed by atoms with Crippen molar-refractivity contribution < 1.29 is 18.9 Å². The standard InChI is InChI=1S/C20H27BrN6O3/c1-12(28)23-18-24-17(16-15(26(18)6)9-13(21)10-22-16)27-8-7-14(11-27)25(5)19(29)30-20(2,3)4/h9-10,14H,7-8,11H2,1-6H3/p+1. The summed E-state index contributed by atoms with van der Waals surface area (Å²) in [7, 11) is 3.60. The predicted octanol–water partition coefficient (Wildman–Crippen LogP) is 2.62. The third kappa shape index (κ3) is 4.80. The number of hydrogen-bond acceptors (Lipinski definition) is 6. The molecule has 1 unspecified atom stereocenters. The summed E-state index contributed by atoms with van der Waals surface area (Å²) in [6.07, 6.45) is 2.17. The number of aryl methyl sites for hydroxylation is 1. The van der Waals surface area contributed by atoms with Crippen LogP contribution in [0.15, 0.2) is 16.7 Å². The second-order valence-corrected chi connectivity index (χ2v) is 9.42. The summed E-state index contributed by atoms with van der Waals surface area (Å²) in [5, 5.41) is 2.79. The molecule has 0 aliphatic carbocycles. The number of rotatable bonds is 3. The molecule has 0 saturated carbocycles. The first kappa shape index (κ1) is 22.2. The molecular formula is C20H28BrN6O3+. The first-order chi connectivity index (χ1) is 14.0. The highest BCUT2D eigenvalue weighted by molar-refractivity contribution is 9.10. The number of anilines is 2. The molecule has 0 radical (unpaired) electrons. The Morgan fingerprint density at radius 3 is 2.73 bits per heavy atom. The molecule has 1 saturated heterocycles. The second-order valence-electron chi connectivity index (χ2n) is 8.50. The molecule has 2 aromatic heterocycles. The molecule has 2 aromatic rings. The summed E-state index contributed by atoms with van der Waals surface area (Å²) < 4.78 is 8.14. The molecular weight excluding hydrogens is 452 g/mol. The van der Waals surface area contributed by atoms with Crippen molar-refractivity contribution in [3.05, 3.63) is 16.7 Å². The fourth-order valence-corrected chi connectivity index (χ4v) is 3.74. The largest absolute Gasteiger partial charge is 0.444 e. The van der Waals surface area contributed by atoms with E-state index in [-0.39, 0.29) is 18.0 Å². The quantitative estimate of drug-likeness (QED) is 0.680. The number of nitrogens with one attached hydrogen (secondary N) is 1. The van der Waals surface area contributed by atoms with Gasteiger partial charge in [0, 0.05) is 37.7 Å². The summed E-state index contributed by atoms with van der Waals surface area (Å²) in [5.74, 6) is 0.920. The molecule has 2 amide bonds. The smallest absolute Gasteiger partial charge is 0.410 e. The lowest BCUT2D eigenvalue weighted by molar-refractivity contribution is -0.632. The third-order valence-corrected chi connectivity index (χ3v) is 5.35. The van der Waals surface area contributed by atoms with E-state index in [0.29, 0.717) is 24.9 Å². The van der Waals surface area contributed by atoms with Crippen molar-refractivity contribution in [3.8, 4) is 0 Å². The number of hydrogen-bond donors (Lipinski definition) is 1. The fourth-order valence-electron chi connectivity index (χ4n) is 3.42. The molecule has 1 aliphatic rings. The Morgan fingerprint density at radius 2 is 2.10 bits per heavy atom. The Hall–Kier alpha value is -2.49. The van der Waals surface area contributed by atoms with Gasteiger partial charge >= 0.3 is 12.0 Å². The molecule has 1 atom stereocenters. The number of amides is 2. The van der Waals surface area contributed by atoms with Gasteiger partial charge in [-0.2, -0.15) is 0 Å². The molecule has 3 rings (SSSR count). The van der Waals surface area contributed by atoms with Gasteiger partial charge in [-0.05, 0) is 49.2 Å². The van der Waals surface area contributed by atoms with Crippen molar-refractivity contribution in [1.29, 1.82) is 0 Å². The zero-order chi connectivity index (χ0) is 22.2. The van der Waals surface area contributed by atoms with E-state index in [4.69, 9.17) is 9.72 Å². The van der Waals surface area contributed by atoms with Gasteiger partial charge in [0.25, 0.3) is 5.91 Å². The van der Waals surface area contributed by atoms with Crippen molar-refractivity contribution in [1.82, 2.24) is 14.9 Å². The van der Waals surface area contributed by atoms with E-state index < -0.39 is 5.60 Å². The van der Waals surface area contributed by atoms with Gasteiger partial charge in [0.1, 0.15) is 11.1 Å². The molecule has 0 bridgehead atoms. The van der Waals surface area contributed by atoms with Gasteiger partial charge < -0.3 is 14.5 Å². The van der Waals surface area contributed by atoms with E-state index in [1.807, 2.05) is 33.9 Å². The Bertz CT molecular complexity index is 991. The van der Waals surface area contributed by atoms with E-state index in [0.717, 1.165) is 21.9 Å². The molecule has 3 heterocycles. The SMILES string of the molecule is CC(=O)Nc1nc(N2CCC(N(C)C(=O)OC(C)(C)C)C2)c2ncc(Br)cc2[n+]1C. The van der Waals surface area contributed by atoms with Crippen LogP contribution in [0.25, 0.3) is 11.0 Å². The molecule has 0 aromatic carbocycles. The zero-order valence-corrected chi connectivity index (χ0v) is 19.8. The highest BCUT2D eigenvalue weighted by atomic mass is 79.9. The highest BCUT2D eigenvalue weighted by Crippen LogP contribution is 2.28. The second kappa shape index (κ2) is 8.33. The predicted molar refractivity (Wildman–Crippen MR) is 117 cm³/mol. The van der Waals surface area contributed by atoms with Crippen LogP contribution in [0.5, 0.6) is 0 Å². The normalized spacial score (nSPS) is 16.6. The summed E-state index contributed by atoms with van der Waals surface area (Å²) in [6, 6.07) is 1.93. The Kier molecular flexibility index (Phi) is 6.16. The van der Waals surface area contributed by atoms with E-state index in [1.165, 1.54) is 6.92 Å². The minimum absolute atomic E-state index is 0.00896. The van der Waals surface area contributed by atoms with Gasteiger partial charge in [0.2, 0.25) is 5.82 Å². The molecule has 0 spiro atoms. The number of halogens is 1. The Morgan fingerprint density at radius 1 is 1.40 bits per heavy atom. The van der Waals surface area contributed by atoms with Crippen molar-refractivity contribution in [2.24, 2.45) is 7.05 Å². The molecule has 1 N–H and O–H groups in total. The monoisotopic (exact) mass is 479 g/mol. The fraction of sp³-hybridized carbons (Fsp3) is 0.550. The average molecular weight is 480 g/mol. The maximum absolute atomic E-state index is 12.5. The van der Waals surface area contributed by atoms with Gasteiger partial charge in [0.15, 0.2) is 5.52 Å². The van der Waals surface area contributed by atoms with Crippen molar-refractivity contribution in [3.63, 3.8) is 0 Å². The highest BCUT2D eigenvalue weighted by Gasteiger charge is 2.34. The van der Waals surface area contributed by atoms with E-state index >= 15 is 0 Å². The van der Waals surface area contributed by atoms with Gasteiger partial charge in [-0.1, -0.05) is 4.98 Å². The van der Waals surface area contributed by atoms with E-state index in [9.17, 15) is 9.59 Å². The minimum Gasteiger partial charge on any atom is -0.444 e.